The first-order chi connectivity index (χ1) is 10.7. The van der Waals surface area contributed by atoms with Gasteiger partial charge in [0.1, 0.15) is 12.1 Å². The molecule has 8 heteroatoms. The van der Waals surface area contributed by atoms with Crippen LogP contribution in [0.5, 0.6) is 0 Å². The van der Waals surface area contributed by atoms with Gasteiger partial charge in [0.2, 0.25) is 11.8 Å². The molecule has 0 aromatic rings. The fourth-order valence-corrected chi connectivity index (χ4v) is 1.98. The summed E-state index contributed by atoms with van der Waals surface area (Å²) in [6, 6.07) is -1.73. The smallest absolute Gasteiger partial charge is 0.328 e. The van der Waals surface area contributed by atoms with Gasteiger partial charge in [-0.25, -0.2) is 4.79 Å². The van der Waals surface area contributed by atoms with Crippen LogP contribution in [0.25, 0.3) is 0 Å². The summed E-state index contributed by atoms with van der Waals surface area (Å²) in [6.07, 6.45) is 0.446. The van der Waals surface area contributed by atoms with Gasteiger partial charge in [-0.1, -0.05) is 13.8 Å². The Bertz CT molecular complexity index is 436. The number of amides is 2. The topological polar surface area (TPSA) is 111 Å². The van der Waals surface area contributed by atoms with E-state index in [9.17, 15) is 19.2 Å². The molecular weight excluding hydrogens is 304 g/mol. The van der Waals surface area contributed by atoms with Crippen LogP contribution in [-0.2, 0) is 28.7 Å². The molecule has 0 aromatic carbocycles. The lowest BCUT2D eigenvalue weighted by Gasteiger charge is -2.22. The summed E-state index contributed by atoms with van der Waals surface area (Å²) in [5.74, 6) is -1.81. The van der Waals surface area contributed by atoms with E-state index in [1.54, 1.807) is 0 Å². The van der Waals surface area contributed by atoms with Gasteiger partial charge in [0.05, 0.1) is 14.2 Å². The maximum Gasteiger partial charge on any atom is 0.328 e. The molecule has 132 valence electrons. The van der Waals surface area contributed by atoms with E-state index in [1.165, 1.54) is 21.1 Å². The molecule has 0 aliphatic carbocycles. The lowest BCUT2D eigenvalue weighted by molar-refractivity contribution is -0.146. The van der Waals surface area contributed by atoms with E-state index >= 15 is 0 Å². The summed E-state index contributed by atoms with van der Waals surface area (Å²) in [7, 11) is 2.43. The summed E-state index contributed by atoms with van der Waals surface area (Å²) in [5, 5.41) is 5.08. The molecule has 2 amide bonds. The number of rotatable bonds is 9. The van der Waals surface area contributed by atoms with Crippen molar-refractivity contribution in [3.8, 4) is 0 Å². The third-order valence-electron chi connectivity index (χ3n) is 3.07. The van der Waals surface area contributed by atoms with Crippen molar-refractivity contribution in [2.24, 2.45) is 5.92 Å². The standard InChI is InChI=1S/C15H26N2O6/c1-9(2)8-12(16-10(3)18)14(20)17-11(15(21)23-5)6-7-13(19)22-4/h9,11-12H,6-8H2,1-5H3,(H,16,18)(H,17,20)/t11-,12-/m0/s1. The van der Waals surface area contributed by atoms with Crippen LogP contribution in [0.2, 0.25) is 0 Å². The zero-order valence-electron chi connectivity index (χ0n) is 14.3. The van der Waals surface area contributed by atoms with Crippen molar-refractivity contribution >= 4 is 23.8 Å². The first-order valence-electron chi connectivity index (χ1n) is 7.43. The minimum absolute atomic E-state index is 0.0362. The Hall–Kier alpha value is -2.12. The number of esters is 2. The van der Waals surface area contributed by atoms with Gasteiger partial charge in [0.15, 0.2) is 0 Å². The number of nitrogens with one attached hydrogen (secondary N) is 2. The van der Waals surface area contributed by atoms with Gasteiger partial charge in [-0.05, 0) is 18.8 Å². The fraction of sp³-hybridized carbons (Fsp3) is 0.733. The first-order valence-corrected chi connectivity index (χ1v) is 7.43. The molecule has 0 radical (unpaired) electrons. The van der Waals surface area contributed by atoms with Crippen molar-refractivity contribution < 1.29 is 28.7 Å². The number of ether oxygens (including phenoxy) is 2. The SMILES string of the molecule is COC(=O)CC[C@H](NC(=O)[C@H](CC(C)C)NC(C)=O)C(=O)OC. The lowest BCUT2D eigenvalue weighted by atomic mass is 10.0. The van der Waals surface area contributed by atoms with E-state index in [1.807, 2.05) is 13.8 Å². The molecule has 0 unspecified atom stereocenters. The van der Waals surface area contributed by atoms with Crippen molar-refractivity contribution in [1.29, 1.82) is 0 Å². The molecule has 0 heterocycles. The van der Waals surface area contributed by atoms with Gasteiger partial charge < -0.3 is 20.1 Å². The van der Waals surface area contributed by atoms with Crippen LogP contribution in [-0.4, -0.2) is 50.1 Å². The van der Waals surface area contributed by atoms with Gasteiger partial charge in [-0.2, -0.15) is 0 Å². The van der Waals surface area contributed by atoms with Gasteiger partial charge >= 0.3 is 11.9 Å². The highest BCUT2D eigenvalue weighted by Gasteiger charge is 2.27. The summed E-state index contributed by atoms with van der Waals surface area (Å²) in [6.45, 7) is 5.14. The Balaban J connectivity index is 4.90. The van der Waals surface area contributed by atoms with Gasteiger partial charge in [-0.15, -0.1) is 0 Å². The molecule has 0 aliphatic rings. The zero-order chi connectivity index (χ0) is 18.0. The van der Waals surface area contributed by atoms with Crippen molar-refractivity contribution in [3.63, 3.8) is 0 Å². The highest BCUT2D eigenvalue weighted by Crippen LogP contribution is 2.07. The van der Waals surface area contributed by atoms with Crippen LogP contribution in [0.15, 0.2) is 0 Å². The third-order valence-corrected chi connectivity index (χ3v) is 3.07. The van der Waals surface area contributed by atoms with E-state index in [4.69, 9.17) is 0 Å². The van der Waals surface area contributed by atoms with Crippen molar-refractivity contribution in [2.75, 3.05) is 14.2 Å². The minimum Gasteiger partial charge on any atom is -0.469 e. The number of carbonyl (C=O) groups excluding carboxylic acids is 4. The Morgan fingerprint density at radius 3 is 2.00 bits per heavy atom. The maximum atomic E-state index is 12.3. The monoisotopic (exact) mass is 330 g/mol. The largest absolute Gasteiger partial charge is 0.469 e. The molecule has 0 fully saturated rings. The molecule has 8 nitrogen and oxygen atoms in total. The molecule has 0 spiro atoms. The van der Waals surface area contributed by atoms with Gasteiger partial charge in [-0.3, -0.25) is 14.4 Å². The van der Waals surface area contributed by atoms with Crippen LogP contribution in [0.3, 0.4) is 0 Å². The first kappa shape index (κ1) is 20.9. The summed E-state index contributed by atoms with van der Waals surface area (Å²) >= 11 is 0. The van der Waals surface area contributed by atoms with Crippen molar-refractivity contribution in [2.45, 2.75) is 52.1 Å². The average molecular weight is 330 g/mol. The van der Waals surface area contributed by atoms with Gasteiger partial charge in [0.25, 0.3) is 0 Å². The molecular formula is C15H26N2O6. The molecule has 0 saturated heterocycles. The summed E-state index contributed by atoms with van der Waals surface area (Å²) in [5.41, 5.74) is 0. The van der Waals surface area contributed by atoms with Crippen LogP contribution in [0, 0.1) is 5.92 Å². The van der Waals surface area contributed by atoms with E-state index in [0.29, 0.717) is 6.42 Å². The lowest BCUT2D eigenvalue weighted by Crippen LogP contribution is -2.52. The second-order valence-electron chi connectivity index (χ2n) is 5.58. The molecule has 0 bridgehead atoms. The number of carbonyl (C=O) groups is 4. The molecule has 23 heavy (non-hydrogen) atoms. The van der Waals surface area contributed by atoms with E-state index in [0.717, 1.165) is 0 Å². The predicted octanol–water partition coefficient (Wildman–Crippen LogP) is 0.148. The Morgan fingerprint density at radius 2 is 1.57 bits per heavy atom. The van der Waals surface area contributed by atoms with Crippen LogP contribution < -0.4 is 10.6 Å². The van der Waals surface area contributed by atoms with Crippen LogP contribution >= 0.6 is 0 Å². The molecule has 0 saturated carbocycles. The quantitative estimate of drug-likeness (QED) is 0.582. The summed E-state index contributed by atoms with van der Waals surface area (Å²) < 4.78 is 9.14. The molecule has 2 atom stereocenters. The zero-order valence-corrected chi connectivity index (χ0v) is 14.3. The van der Waals surface area contributed by atoms with E-state index in [-0.39, 0.29) is 24.7 Å². The maximum absolute atomic E-state index is 12.3. The Kier molecular flexibility index (Phi) is 9.60. The second kappa shape index (κ2) is 10.6. The van der Waals surface area contributed by atoms with E-state index in [2.05, 4.69) is 20.1 Å². The molecule has 0 aromatic heterocycles. The highest BCUT2D eigenvalue weighted by molar-refractivity contribution is 5.90. The van der Waals surface area contributed by atoms with Crippen LogP contribution in [0.4, 0.5) is 0 Å². The number of hydrogen-bond acceptors (Lipinski definition) is 6. The third kappa shape index (κ3) is 8.80. The van der Waals surface area contributed by atoms with Gasteiger partial charge in [0, 0.05) is 13.3 Å². The average Bonchev–Trinajstić information content (AvgIpc) is 2.48. The molecule has 0 aliphatic heterocycles. The second-order valence-corrected chi connectivity index (χ2v) is 5.58. The van der Waals surface area contributed by atoms with Crippen molar-refractivity contribution in [3.05, 3.63) is 0 Å². The summed E-state index contributed by atoms with van der Waals surface area (Å²) in [4.78, 5) is 46.5. The predicted molar refractivity (Wildman–Crippen MR) is 82.3 cm³/mol. The highest BCUT2D eigenvalue weighted by atomic mass is 16.5. The Labute approximate surface area is 136 Å². The van der Waals surface area contributed by atoms with E-state index < -0.39 is 29.9 Å². The Morgan fingerprint density at radius 1 is 0.957 bits per heavy atom. The van der Waals surface area contributed by atoms with Crippen LogP contribution in [0.1, 0.15) is 40.0 Å². The number of hydrogen-bond donors (Lipinski definition) is 2. The van der Waals surface area contributed by atoms with Crippen molar-refractivity contribution in [1.82, 2.24) is 10.6 Å². The normalized spacial score (nSPS) is 13.0. The molecule has 2 N–H and O–H groups in total. The number of methoxy groups -OCH3 is 2. The minimum atomic E-state index is -0.977. The fourth-order valence-electron chi connectivity index (χ4n) is 1.98. The molecule has 0 rings (SSSR count).